The number of nitrogens with zero attached hydrogens (tertiary/aromatic N) is 1. The van der Waals surface area contributed by atoms with Crippen molar-refractivity contribution in [2.24, 2.45) is 0 Å². The van der Waals surface area contributed by atoms with Crippen LogP contribution in [0.2, 0.25) is 5.02 Å². The van der Waals surface area contributed by atoms with Gasteiger partial charge in [0.2, 0.25) is 5.91 Å². The van der Waals surface area contributed by atoms with Crippen LogP contribution in [-0.4, -0.2) is 25.6 Å². The number of hydrogen-bond acceptors (Lipinski definition) is 3. The average molecular weight is 345 g/mol. The maximum absolute atomic E-state index is 12.3. The molecule has 3 rings (SSSR count). The largest absolute Gasteiger partial charge is 0.489 e. The zero-order valence-electron chi connectivity index (χ0n) is 13.9. The van der Waals surface area contributed by atoms with Gasteiger partial charge in [-0.1, -0.05) is 30.7 Å². The number of fused-ring (bicyclic) bond motifs is 1. The summed E-state index contributed by atoms with van der Waals surface area (Å²) in [5.74, 6) is 0.777. The number of likely N-dealkylation sites (N-methyl/N-ethyl adjacent to an activating group) is 1. The molecule has 0 saturated carbocycles. The first-order valence-corrected chi connectivity index (χ1v) is 8.48. The van der Waals surface area contributed by atoms with Gasteiger partial charge in [-0.2, -0.15) is 0 Å². The number of nitrogens with one attached hydrogen (secondary N) is 1. The molecule has 5 heteroatoms. The Morgan fingerprint density at radius 2 is 2.04 bits per heavy atom. The van der Waals surface area contributed by atoms with E-state index in [-0.39, 0.29) is 11.9 Å². The molecule has 0 saturated heterocycles. The van der Waals surface area contributed by atoms with Crippen LogP contribution in [0.15, 0.2) is 42.5 Å². The summed E-state index contributed by atoms with van der Waals surface area (Å²) in [6.45, 7) is 2.59. The summed E-state index contributed by atoms with van der Waals surface area (Å²) >= 11 is 6.07. The number of carbonyl (C=O) groups is 1. The molecule has 0 unspecified atom stereocenters. The molecule has 126 valence electrons. The minimum Gasteiger partial charge on any atom is -0.489 e. The van der Waals surface area contributed by atoms with Crippen molar-refractivity contribution in [1.29, 1.82) is 0 Å². The van der Waals surface area contributed by atoms with Crippen LogP contribution in [0.25, 0.3) is 0 Å². The Kier molecular flexibility index (Phi) is 4.95. The number of rotatable bonds is 4. The second-order valence-electron chi connectivity index (χ2n) is 5.99. The highest BCUT2D eigenvalue weighted by Gasteiger charge is 2.27. The zero-order chi connectivity index (χ0) is 17.1. The van der Waals surface area contributed by atoms with E-state index in [1.807, 2.05) is 43.4 Å². The lowest BCUT2D eigenvalue weighted by Crippen LogP contribution is -2.42. The van der Waals surface area contributed by atoms with Gasteiger partial charge in [-0.15, -0.1) is 0 Å². The third-order valence-corrected chi connectivity index (χ3v) is 4.58. The van der Waals surface area contributed by atoms with E-state index in [1.54, 1.807) is 6.07 Å². The highest BCUT2D eigenvalue weighted by Crippen LogP contribution is 2.35. The summed E-state index contributed by atoms with van der Waals surface area (Å²) in [6, 6.07) is 13.4. The maximum Gasteiger partial charge on any atom is 0.226 e. The molecule has 4 nitrogen and oxygen atoms in total. The number of benzene rings is 2. The molecule has 0 aromatic heterocycles. The zero-order valence-corrected chi connectivity index (χ0v) is 14.6. The van der Waals surface area contributed by atoms with Crippen molar-refractivity contribution in [1.82, 2.24) is 0 Å². The van der Waals surface area contributed by atoms with E-state index in [2.05, 4.69) is 17.1 Å². The topological polar surface area (TPSA) is 41.6 Å². The van der Waals surface area contributed by atoms with Crippen molar-refractivity contribution in [3.05, 3.63) is 53.1 Å². The molecule has 2 aromatic rings. The van der Waals surface area contributed by atoms with Crippen LogP contribution >= 0.6 is 11.6 Å². The summed E-state index contributed by atoms with van der Waals surface area (Å²) in [5.41, 5.74) is 2.99. The summed E-state index contributed by atoms with van der Waals surface area (Å²) in [4.78, 5) is 14.4. The lowest BCUT2D eigenvalue weighted by Gasteiger charge is -2.35. The van der Waals surface area contributed by atoms with Gasteiger partial charge in [-0.25, -0.2) is 0 Å². The van der Waals surface area contributed by atoms with Crippen LogP contribution in [0.3, 0.4) is 0 Å². The lowest BCUT2D eigenvalue weighted by atomic mass is 10.1. The number of anilines is 2. The minimum absolute atomic E-state index is 0.0223. The third kappa shape index (κ3) is 3.65. The number of aryl methyl sites for hydroxylation is 1. The van der Waals surface area contributed by atoms with E-state index in [9.17, 15) is 4.79 Å². The van der Waals surface area contributed by atoms with Crippen LogP contribution < -0.4 is 15.0 Å². The number of amides is 1. The molecular weight excluding hydrogens is 324 g/mol. The van der Waals surface area contributed by atoms with Crippen LogP contribution in [0.1, 0.15) is 18.9 Å². The first kappa shape index (κ1) is 16.7. The molecule has 0 fully saturated rings. The Labute approximate surface area is 147 Å². The normalized spacial score (nSPS) is 16.3. The Bertz CT molecular complexity index is 731. The Hall–Kier alpha value is -2.20. The number of halogens is 1. The van der Waals surface area contributed by atoms with Crippen LogP contribution in [0.5, 0.6) is 5.75 Å². The molecule has 1 aliphatic heterocycles. The number of ether oxygens (including phenoxy) is 1. The minimum atomic E-state index is -0.0230. The van der Waals surface area contributed by atoms with Crippen molar-refractivity contribution in [2.75, 3.05) is 23.9 Å². The van der Waals surface area contributed by atoms with Gasteiger partial charge in [0.25, 0.3) is 0 Å². The molecule has 1 heterocycles. The van der Waals surface area contributed by atoms with Gasteiger partial charge in [0.15, 0.2) is 0 Å². The van der Waals surface area contributed by atoms with Gasteiger partial charge < -0.3 is 15.0 Å². The molecule has 1 aliphatic rings. The summed E-state index contributed by atoms with van der Waals surface area (Å²) in [6.07, 6.45) is 1.35. The van der Waals surface area contributed by atoms with E-state index >= 15 is 0 Å². The first-order chi connectivity index (χ1) is 11.6. The van der Waals surface area contributed by atoms with Gasteiger partial charge in [0.1, 0.15) is 12.4 Å². The number of hydrogen-bond donors (Lipinski definition) is 1. The predicted molar refractivity (Wildman–Crippen MR) is 98.2 cm³/mol. The van der Waals surface area contributed by atoms with Gasteiger partial charge in [-0.3, -0.25) is 4.79 Å². The van der Waals surface area contributed by atoms with E-state index in [0.717, 1.165) is 23.5 Å². The van der Waals surface area contributed by atoms with E-state index in [4.69, 9.17) is 16.3 Å². The molecule has 1 N–H and O–H groups in total. The Morgan fingerprint density at radius 3 is 2.75 bits per heavy atom. The van der Waals surface area contributed by atoms with Gasteiger partial charge in [0.05, 0.1) is 18.2 Å². The second-order valence-corrected chi connectivity index (χ2v) is 6.43. The van der Waals surface area contributed by atoms with Gasteiger partial charge >= 0.3 is 0 Å². The van der Waals surface area contributed by atoms with Crippen molar-refractivity contribution >= 4 is 28.9 Å². The molecule has 2 aromatic carbocycles. The van der Waals surface area contributed by atoms with Crippen molar-refractivity contribution in [3.63, 3.8) is 0 Å². The smallest absolute Gasteiger partial charge is 0.226 e. The Balaban J connectivity index is 1.64. The molecule has 24 heavy (non-hydrogen) atoms. The SMILES string of the molecule is CCc1ccc(NC(=O)C[C@@H]2COc3ccc(Cl)cc3N2C)cc1. The molecular formula is C19H21ClN2O2. The van der Waals surface area contributed by atoms with E-state index < -0.39 is 0 Å². The highest BCUT2D eigenvalue weighted by molar-refractivity contribution is 6.31. The highest BCUT2D eigenvalue weighted by atomic mass is 35.5. The fourth-order valence-corrected chi connectivity index (χ4v) is 2.99. The molecule has 0 bridgehead atoms. The van der Waals surface area contributed by atoms with Crippen LogP contribution in [0.4, 0.5) is 11.4 Å². The molecule has 1 amide bonds. The predicted octanol–water partition coefficient (Wildman–Crippen LogP) is 4.13. The summed E-state index contributed by atoms with van der Waals surface area (Å²) in [5, 5.41) is 3.61. The standard InChI is InChI=1S/C19H21ClN2O2/c1-3-13-4-7-15(8-5-13)21-19(23)11-16-12-24-18-9-6-14(20)10-17(18)22(16)2/h4-10,16H,3,11-12H2,1-2H3,(H,21,23)/t16-/m1/s1. The fourth-order valence-electron chi connectivity index (χ4n) is 2.83. The quantitative estimate of drug-likeness (QED) is 0.906. The third-order valence-electron chi connectivity index (χ3n) is 4.35. The van der Waals surface area contributed by atoms with Gasteiger partial charge in [-0.05, 0) is 42.3 Å². The van der Waals surface area contributed by atoms with Crippen molar-refractivity contribution in [2.45, 2.75) is 25.8 Å². The number of carbonyl (C=O) groups excluding carboxylic acids is 1. The second kappa shape index (κ2) is 7.14. The first-order valence-electron chi connectivity index (χ1n) is 8.11. The maximum atomic E-state index is 12.3. The fraction of sp³-hybridized carbons (Fsp3) is 0.316. The lowest BCUT2D eigenvalue weighted by molar-refractivity contribution is -0.116. The molecule has 1 atom stereocenters. The van der Waals surface area contributed by atoms with E-state index in [1.165, 1.54) is 5.56 Å². The van der Waals surface area contributed by atoms with Crippen LogP contribution in [0, 0.1) is 0 Å². The molecule has 0 aliphatic carbocycles. The van der Waals surface area contributed by atoms with Gasteiger partial charge in [0, 0.05) is 17.8 Å². The summed E-state index contributed by atoms with van der Waals surface area (Å²) < 4.78 is 5.76. The van der Waals surface area contributed by atoms with Crippen molar-refractivity contribution < 1.29 is 9.53 Å². The Morgan fingerprint density at radius 1 is 1.29 bits per heavy atom. The molecule has 0 radical (unpaired) electrons. The average Bonchev–Trinajstić information content (AvgIpc) is 2.58. The van der Waals surface area contributed by atoms with Crippen molar-refractivity contribution in [3.8, 4) is 5.75 Å². The molecule has 0 spiro atoms. The van der Waals surface area contributed by atoms with E-state index in [0.29, 0.717) is 18.1 Å². The summed E-state index contributed by atoms with van der Waals surface area (Å²) in [7, 11) is 1.96. The monoisotopic (exact) mass is 344 g/mol. The van der Waals surface area contributed by atoms with Crippen LogP contribution in [-0.2, 0) is 11.2 Å².